The maximum atomic E-state index is 13.9. The summed E-state index contributed by atoms with van der Waals surface area (Å²) >= 11 is 0. The van der Waals surface area contributed by atoms with Crippen molar-refractivity contribution in [3.63, 3.8) is 0 Å². The number of nitro groups is 1. The highest BCUT2D eigenvalue weighted by atomic mass is 16.6. The van der Waals surface area contributed by atoms with E-state index in [4.69, 9.17) is 9.47 Å². The molecule has 1 atom stereocenters. The number of benzene rings is 3. The summed E-state index contributed by atoms with van der Waals surface area (Å²) in [5.74, 6) is 1.14. The van der Waals surface area contributed by atoms with Gasteiger partial charge >= 0.3 is 5.69 Å². The predicted molar refractivity (Wildman–Crippen MR) is 134 cm³/mol. The van der Waals surface area contributed by atoms with Gasteiger partial charge in [0.1, 0.15) is 29.9 Å². The zero-order valence-corrected chi connectivity index (χ0v) is 19.6. The van der Waals surface area contributed by atoms with Crippen molar-refractivity contribution in [2.45, 2.75) is 12.6 Å². The molecule has 0 bridgehead atoms. The van der Waals surface area contributed by atoms with Crippen LogP contribution in [0.25, 0.3) is 0 Å². The molecule has 0 aliphatic carbocycles. The van der Waals surface area contributed by atoms with E-state index in [0.29, 0.717) is 11.5 Å². The Balaban J connectivity index is 1.52. The van der Waals surface area contributed by atoms with E-state index in [2.05, 4.69) is 10.4 Å². The Hall–Kier alpha value is -4.86. The van der Waals surface area contributed by atoms with Crippen LogP contribution in [0.5, 0.6) is 11.5 Å². The maximum Gasteiger partial charge on any atom is 0.307 e. The number of carbonyl (C=O) groups excluding carboxylic acids is 1. The maximum absolute atomic E-state index is 13.9. The average molecular weight is 486 g/mol. The lowest BCUT2D eigenvalue weighted by Crippen LogP contribution is -2.39. The number of fused-ring (bicyclic) bond motifs is 1. The Morgan fingerprint density at radius 2 is 1.83 bits per heavy atom. The van der Waals surface area contributed by atoms with Gasteiger partial charge in [-0.15, -0.1) is 0 Å². The van der Waals surface area contributed by atoms with Gasteiger partial charge in [0.15, 0.2) is 0 Å². The number of methoxy groups -OCH3 is 2. The fourth-order valence-electron chi connectivity index (χ4n) is 4.29. The van der Waals surface area contributed by atoms with E-state index >= 15 is 0 Å². The molecule has 1 aliphatic rings. The van der Waals surface area contributed by atoms with Crippen molar-refractivity contribution in [1.29, 1.82) is 0 Å². The fourth-order valence-corrected chi connectivity index (χ4v) is 4.29. The van der Waals surface area contributed by atoms with Crippen molar-refractivity contribution >= 4 is 28.7 Å². The lowest BCUT2D eigenvalue weighted by molar-refractivity contribution is -0.385. The molecule has 0 radical (unpaired) electrons. The minimum atomic E-state index is -0.668. The average Bonchev–Trinajstić information content (AvgIpc) is 3.37. The second-order valence-corrected chi connectivity index (χ2v) is 8.19. The van der Waals surface area contributed by atoms with Crippen LogP contribution >= 0.6 is 0 Å². The number of hydrogen-bond acceptors (Lipinski definition) is 7. The number of aromatic nitrogens is 2. The van der Waals surface area contributed by atoms with Gasteiger partial charge in [-0.2, -0.15) is 5.10 Å². The van der Waals surface area contributed by atoms with Crippen LogP contribution in [-0.2, 0) is 11.3 Å². The number of carbonyl (C=O) groups is 1. The van der Waals surface area contributed by atoms with E-state index in [-0.39, 0.29) is 18.1 Å². The lowest BCUT2D eigenvalue weighted by Gasteiger charge is -2.35. The smallest absolute Gasteiger partial charge is 0.307 e. The summed E-state index contributed by atoms with van der Waals surface area (Å²) < 4.78 is 12.2. The summed E-state index contributed by atoms with van der Waals surface area (Å²) in [5.41, 5.74) is 3.65. The van der Waals surface area contributed by atoms with E-state index in [1.807, 2.05) is 60.7 Å². The molecule has 1 aliphatic heterocycles. The molecule has 36 heavy (non-hydrogen) atoms. The lowest BCUT2D eigenvalue weighted by atomic mass is 9.98. The van der Waals surface area contributed by atoms with Crippen molar-refractivity contribution in [2.24, 2.45) is 0 Å². The van der Waals surface area contributed by atoms with E-state index in [1.54, 1.807) is 25.2 Å². The second kappa shape index (κ2) is 9.41. The molecule has 0 saturated carbocycles. The minimum absolute atomic E-state index is 0.0963. The van der Waals surface area contributed by atoms with Crippen molar-refractivity contribution in [3.05, 3.63) is 100 Å². The number of anilines is 3. The van der Waals surface area contributed by atoms with Gasteiger partial charge in [-0.3, -0.25) is 24.5 Å². The van der Waals surface area contributed by atoms with Crippen molar-refractivity contribution in [3.8, 4) is 11.5 Å². The monoisotopic (exact) mass is 485 g/mol. The summed E-state index contributed by atoms with van der Waals surface area (Å²) in [6.45, 7) is 0.241. The first-order chi connectivity index (χ1) is 17.5. The van der Waals surface area contributed by atoms with Crippen LogP contribution in [0.15, 0.2) is 79.1 Å². The largest absolute Gasteiger partial charge is 0.497 e. The summed E-state index contributed by atoms with van der Waals surface area (Å²) in [4.78, 5) is 26.1. The zero-order chi connectivity index (χ0) is 25.2. The topological polar surface area (TPSA) is 112 Å². The van der Waals surface area contributed by atoms with Crippen molar-refractivity contribution < 1.29 is 19.2 Å². The Labute approximate surface area is 206 Å². The number of nitrogens with one attached hydrogen (secondary N) is 1. The van der Waals surface area contributed by atoms with Crippen LogP contribution in [0.2, 0.25) is 0 Å². The van der Waals surface area contributed by atoms with Crippen LogP contribution in [0.1, 0.15) is 17.2 Å². The molecule has 10 nitrogen and oxygen atoms in total. The molecule has 0 spiro atoms. The third kappa shape index (κ3) is 4.20. The standard InChI is InChI=1S/C26H23N5O5/c1-35-21-10-8-19(9-11-21)30-23-6-4-3-5-22(23)28-25(26(30)32)17-7-12-24(36-2)18(13-17)15-29-16-20(14-27-29)31(33)34/h3-14,16,25,28H,15H2,1-2H3. The molecule has 182 valence electrons. The van der Waals surface area contributed by atoms with Gasteiger partial charge < -0.3 is 14.8 Å². The Morgan fingerprint density at radius 3 is 2.53 bits per heavy atom. The molecule has 5 rings (SSSR count). The highest BCUT2D eigenvalue weighted by Gasteiger charge is 2.34. The number of nitrogens with zero attached hydrogens (tertiary/aromatic N) is 4. The predicted octanol–water partition coefficient (Wildman–Crippen LogP) is 4.69. The Kier molecular flexibility index (Phi) is 5.99. The number of hydrogen-bond donors (Lipinski definition) is 1. The SMILES string of the molecule is COc1ccc(N2C(=O)C(c3ccc(OC)c(Cn4cc([N+](=O)[O-])cn4)c3)Nc3ccccc32)cc1. The zero-order valence-electron chi connectivity index (χ0n) is 19.6. The minimum Gasteiger partial charge on any atom is -0.497 e. The fraction of sp³-hybridized carbons (Fsp3) is 0.154. The summed E-state index contributed by atoms with van der Waals surface area (Å²) in [5, 5.41) is 18.5. The van der Waals surface area contributed by atoms with Crippen LogP contribution in [-0.4, -0.2) is 34.8 Å². The molecule has 3 aromatic carbocycles. The first kappa shape index (κ1) is 22.9. The summed E-state index contributed by atoms with van der Waals surface area (Å²) in [7, 11) is 3.15. The van der Waals surface area contributed by atoms with Gasteiger partial charge in [0, 0.05) is 11.3 Å². The summed E-state index contributed by atoms with van der Waals surface area (Å²) in [6.07, 6.45) is 2.56. The Morgan fingerprint density at radius 1 is 1.06 bits per heavy atom. The molecule has 1 amide bonds. The van der Waals surface area contributed by atoms with Gasteiger partial charge in [-0.1, -0.05) is 18.2 Å². The second-order valence-electron chi connectivity index (χ2n) is 8.19. The molecule has 10 heteroatoms. The van der Waals surface area contributed by atoms with Gasteiger partial charge in [-0.25, -0.2) is 0 Å². The van der Waals surface area contributed by atoms with E-state index < -0.39 is 11.0 Å². The van der Waals surface area contributed by atoms with Gasteiger partial charge in [-0.05, 0) is 54.1 Å². The first-order valence-electron chi connectivity index (χ1n) is 11.2. The number of amides is 1. The van der Waals surface area contributed by atoms with E-state index in [0.717, 1.165) is 28.2 Å². The number of rotatable bonds is 7. The molecular weight excluding hydrogens is 462 g/mol. The van der Waals surface area contributed by atoms with Crippen LogP contribution in [0, 0.1) is 10.1 Å². The third-order valence-corrected chi connectivity index (χ3v) is 6.04. The third-order valence-electron chi connectivity index (χ3n) is 6.04. The van der Waals surface area contributed by atoms with Gasteiger partial charge in [0.25, 0.3) is 5.91 Å². The number of ether oxygens (including phenoxy) is 2. The van der Waals surface area contributed by atoms with Crippen molar-refractivity contribution in [2.75, 3.05) is 24.4 Å². The van der Waals surface area contributed by atoms with Crippen LogP contribution in [0.3, 0.4) is 0 Å². The van der Waals surface area contributed by atoms with Crippen LogP contribution < -0.4 is 19.7 Å². The van der Waals surface area contributed by atoms with Crippen molar-refractivity contribution in [1.82, 2.24) is 9.78 Å². The summed E-state index contributed by atoms with van der Waals surface area (Å²) in [6, 6.07) is 19.8. The molecule has 1 N–H and O–H groups in total. The van der Waals surface area contributed by atoms with Crippen LogP contribution in [0.4, 0.5) is 22.7 Å². The van der Waals surface area contributed by atoms with E-state index in [9.17, 15) is 14.9 Å². The highest BCUT2D eigenvalue weighted by molar-refractivity contribution is 6.10. The quantitative estimate of drug-likeness (QED) is 0.299. The Bertz CT molecular complexity index is 1430. The van der Waals surface area contributed by atoms with Gasteiger partial charge in [0.2, 0.25) is 0 Å². The highest BCUT2D eigenvalue weighted by Crippen LogP contribution is 2.41. The molecule has 4 aromatic rings. The molecule has 0 saturated heterocycles. The number of para-hydroxylation sites is 2. The molecule has 0 fully saturated rings. The molecular formula is C26H23N5O5. The molecule has 1 aromatic heterocycles. The normalized spacial score (nSPS) is 14.7. The molecule has 1 unspecified atom stereocenters. The van der Waals surface area contributed by atoms with E-state index in [1.165, 1.54) is 17.1 Å². The first-order valence-corrected chi connectivity index (χ1v) is 11.2. The molecule has 2 heterocycles. The van der Waals surface area contributed by atoms with Gasteiger partial charge in [0.05, 0.1) is 37.1 Å².